The number of likely N-dealkylation sites (N-methyl/N-ethyl adjacent to an activating group) is 1. The molecule has 2 amide bonds. The zero-order valence-electron chi connectivity index (χ0n) is 10.3. The molecule has 0 unspecified atom stereocenters. The zero-order valence-corrected chi connectivity index (χ0v) is 10.3. The van der Waals surface area contributed by atoms with Crippen LogP contribution in [0.3, 0.4) is 0 Å². The number of hydrogen-bond donors (Lipinski definition) is 3. The third-order valence-corrected chi connectivity index (χ3v) is 2.38. The van der Waals surface area contributed by atoms with E-state index in [1.54, 1.807) is 13.1 Å². The predicted molar refractivity (Wildman–Crippen MR) is 67.1 cm³/mol. The lowest BCUT2D eigenvalue weighted by Crippen LogP contribution is -2.35. The summed E-state index contributed by atoms with van der Waals surface area (Å²) in [6.07, 6.45) is 0. The van der Waals surface area contributed by atoms with Crippen molar-refractivity contribution in [1.29, 1.82) is 0 Å². The summed E-state index contributed by atoms with van der Waals surface area (Å²) in [7, 11) is 3.28. The maximum absolute atomic E-state index is 11.8. The lowest BCUT2D eigenvalue weighted by atomic mass is 10.1. The van der Waals surface area contributed by atoms with E-state index >= 15 is 0 Å². The third-order valence-electron chi connectivity index (χ3n) is 2.38. The molecule has 0 heterocycles. The molecule has 1 aromatic rings. The molecule has 3 N–H and O–H groups in total. The molecule has 0 aliphatic heterocycles. The smallest absolute Gasteiger partial charge is 0.253 e. The molecule has 92 valence electrons. The van der Waals surface area contributed by atoms with Crippen molar-refractivity contribution < 1.29 is 9.59 Å². The van der Waals surface area contributed by atoms with E-state index in [1.165, 1.54) is 7.05 Å². The normalized spacial score (nSPS) is 9.59. The van der Waals surface area contributed by atoms with Gasteiger partial charge in [-0.15, -0.1) is 0 Å². The van der Waals surface area contributed by atoms with Gasteiger partial charge in [0, 0.05) is 19.8 Å². The molecule has 0 aromatic heterocycles. The highest BCUT2D eigenvalue weighted by atomic mass is 16.2. The van der Waals surface area contributed by atoms with Gasteiger partial charge in [-0.2, -0.15) is 0 Å². The Kier molecular flexibility index (Phi) is 4.51. The Morgan fingerprint density at radius 1 is 1.24 bits per heavy atom. The topological polar surface area (TPSA) is 70.2 Å². The van der Waals surface area contributed by atoms with Gasteiger partial charge in [-0.1, -0.05) is 6.07 Å². The molecule has 5 heteroatoms. The van der Waals surface area contributed by atoms with Gasteiger partial charge in [-0.25, -0.2) is 0 Å². The molecule has 0 aliphatic carbocycles. The van der Waals surface area contributed by atoms with Crippen LogP contribution in [-0.4, -0.2) is 32.5 Å². The quantitative estimate of drug-likeness (QED) is 0.712. The molecule has 0 radical (unpaired) electrons. The summed E-state index contributed by atoms with van der Waals surface area (Å²) in [6.45, 7) is 1.93. The van der Waals surface area contributed by atoms with Crippen molar-refractivity contribution in [2.24, 2.45) is 0 Å². The molecular weight excluding hydrogens is 218 g/mol. The summed E-state index contributed by atoms with van der Waals surface area (Å²) >= 11 is 0. The van der Waals surface area contributed by atoms with Gasteiger partial charge in [0.15, 0.2) is 0 Å². The molecule has 0 saturated carbocycles. The lowest BCUT2D eigenvalue weighted by Gasteiger charge is -2.10. The molecule has 17 heavy (non-hydrogen) atoms. The van der Waals surface area contributed by atoms with Crippen molar-refractivity contribution >= 4 is 17.5 Å². The van der Waals surface area contributed by atoms with E-state index in [9.17, 15) is 9.59 Å². The SMILES string of the molecule is CNC(=O)CNC(=O)c1ccc(C)cc1NC. The first-order valence-electron chi connectivity index (χ1n) is 5.35. The highest BCUT2D eigenvalue weighted by Crippen LogP contribution is 2.16. The average molecular weight is 235 g/mol. The van der Waals surface area contributed by atoms with Gasteiger partial charge in [0.25, 0.3) is 5.91 Å². The maximum atomic E-state index is 11.8. The van der Waals surface area contributed by atoms with E-state index in [0.29, 0.717) is 5.56 Å². The van der Waals surface area contributed by atoms with Gasteiger partial charge in [0.2, 0.25) is 5.91 Å². The Morgan fingerprint density at radius 2 is 1.94 bits per heavy atom. The summed E-state index contributed by atoms with van der Waals surface area (Å²) in [5, 5.41) is 7.95. The van der Waals surface area contributed by atoms with Crippen LogP contribution in [0.25, 0.3) is 0 Å². The van der Waals surface area contributed by atoms with E-state index in [1.807, 2.05) is 19.1 Å². The van der Waals surface area contributed by atoms with Crippen LogP contribution in [0.4, 0.5) is 5.69 Å². The van der Waals surface area contributed by atoms with Crippen LogP contribution in [0.15, 0.2) is 18.2 Å². The molecule has 0 bridgehead atoms. The minimum Gasteiger partial charge on any atom is -0.387 e. The number of carbonyl (C=O) groups is 2. The van der Waals surface area contributed by atoms with Crippen molar-refractivity contribution in [3.8, 4) is 0 Å². The number of benzene rings is 1. The average Bonchev–Trinajstić information content (AvgIpc) is 2.35. The highest BCUT2D eigenvalue weighted by molar-refractivity contribution is 6.01. The molecule has 1 aromatic carbocycles. The van der Waals surface area contributed by atoms with E-state index in [-0.39, 0.29) is 18.4 Å². The minimum atomic E-state index is -0.266. The first kappa shape index (κ1) is 13.0. The Balaban J connectivity index is 2.78. The lowest BCUT2D eigenvalue weighted by molar-refractivity contribution is -0.119. The number of hydrogen-bond acceptors (Lipinski definition) is 3. The van der Waals surface area contributed by atoms with Crippen molar-refractivity contribution in [2.75, 3.05) is 26.0 Å². The summed E-state index contributed by atoms with van der Waals surface area (Å²) in [5.74, 6) is -0.491. The van der Waals surface area contributed by atoms with Crippen LogP contribution < -0.4 is 16.0 Å². The van der Waals surface area contributed by atoms with Crippen molar-refractivity contribution in [3.63, 3.8) is 0 Å². The van der Waals surface area contributed by atoms with Crippen molar-refractivity contribution in [3.05, 3.63) is 29.3 Å². The predicted octanol–water partition coefficient (Wildman–Crippen LogP) is 0.513. The maximum Gasteiger partial charge on any atom is 0.253 e. The minimum absolute atomic E-state index is 0.0215. The fraction of sp³-hybridized carbons (Fsp3) is 0.333. The summed E-state index contributed by atoms with van der Waals surface area (Å²) in [6, 6.07) is 5.48. The van der Waals surface area contributed by atoms with Gasteiger partial charge in [0.1, 0.15) is 0 Å². The van der Waals surface area contributed by atoms with E-state index < -0.39 is 0 Å². The molecule has 0 aliphatic rings. The van der Waals surface area contributed by atoms with Crippen LogP contribution in [0.5, 0.6) is 0 Å². The standard InChI is InChI=1S/C12H17N3O2/c1-8-4-5-9(10(6-8)13-2)12(17)15-7-11(16)14-3/h4-6,13H,7H2,1-3H3,(H,14,16)(H,15,17). The monoisotopic (exact) mass is 235 g/mol. The molecule has 5 nitrogen and oxygen atoms in total. The van der Waals surface area contributed by atoms with Gasteiger partial charge in [-0.3, -0.25) is 9.59 Å². The first-order valence-corrected chi connectivity index (χ1v) is 5.35. The molecular formula is C12H17N3O2. The molecule has 0 atom stereocenters. The Hall–Kier alpha value is -2.04. The Morgan fingerprint density at radius 3 is 2.53 bits per heavy atom. The molecule has 0 saturated heterocycles. The van der Waals surface area contributed by atoms with Gasteiger partial charge in [-0.05, 0) is 24.6 Å². The molecule has 0 fully saturated rings. The number of nitrogens with one attached hydrogen (secondary N) is 3. The van der Waals surface area contributed by atoms with Crippen LogP contribution >= 0.6 is 0 Å². The van der Waals surface area contributed by atoms with E-state index in [4.69, 9.17) is 0 Å². The van der Waals surface area contributed by atoms with E-state index in [2.05, 4.69) is 16.0 Å². The van der Waals surface area contributed by atoms with Gasteiger partial charge in [0.05, 0.1) is 12.1 Å². The number of rotatable bonds is 4. The van der Waals surface area contributed by atoms with Gasteiger partial charge >= 0.3 is 0 Å². The second-order valence-corrected chi connectivity index (χ2v) is 3.65. The Bertz CT molecular complexity index is 430. The Labute approximate surface area is 101 Å². The molecule has 1 rings (SSSR count). The fourth-order valence-corrected chi connectivity index (χ4v) is 1.41. The molecule has 0 spiro atoms. The fourth-order valence-electron chi connectivity index (χ4n) is 1.41. The number of aryl methyl sites for hydroxylation is 1. The largest absolute Gasteiger partial charge is 0.387 e. The van der Waals surface area contributed by atoms with E-state index in [0.717, 1.165) is 11.3 Å². The van der Waals surface area contributed by atoms with Crippen LogP contribution in [-0.2, 0) is 4.79 Å². The summed E-state index contributed by atoms with van der Waals surface area (Å²) in [4.78, 5) is 22.8. The zero-order chi connectivity index (χ0) is 12.8. The number of carbonyl (C=O) groups excluding carboxylic acids is 2. The van der Waals surface area contributed by atoms with Gasteiger partial charge < -0.3 is 16.0 Å². The second kappa shape index (κ2) is 5.89. The number of amides is 2. The van der Waals surface area contributed by atoms with Crippen LogP contribution in [0, 0.1) is 6.92 Å². The summed E-state index contributed by atoms with van der Waals surface area (Å²) in [5.41, 5.74) is 2.35. The van der Waals surface area contributed by atoms with Crippen molar-refractivity contribution in [2.45, 2.75) is 6.92 Å². The highest BCUT2D eigenvalue weighted by Gasteiger charge is 2.11. The van der Waals surface area contributed by atoms with Crippen molar-refractivity contribution in [1.82, 2.24) is 10.6 Å². The van der Waals surface area contributed by atoms with Crippen LogP contribution in [0.1, 0.15) is 15.9 Å². The third kappa shape index (κ3) is 3.48. The second-order valence-electron chi connectivity index (χ2n) is 3.65. The first-order chi connectivity index (χ1) is 8.08. The number of anilines is 1. The van der Waals surface area contributed by atoms with Crippen LogP contribution in [0.2, 0.25) is 0 Å². The summed E-state index contributed by atoms with van der Waals surface area (Å²) < 4.78 is 0.